The van der Waals surface area contributed by atoms with E-state index in [1.165, 1.54) is 0 Å². The van der Waals surface area contributed by atoms with Gasteiger partial charge in [0.05, 0.1) is 6.07 Å². The fourth-order valence-corrected chi connectivity index (χ4v) is 1.56. The first kappa shape index (κ1) is 11.0. The van der Waals surface area contributed by atoms with Crippen molar-refractivity contribution in [3.05, 3.63) is 0 Å². The van der Waals surface area contributed by atoms with Crippen LogP contribution in [0.4, 0.5) is 0 Å². The van der Waals surface area contributed by atoms with Gasteiger partial charge in [0.2, 0.25) is 5.91 Å². The van der Waals surface area contributed by atoms with Crippen LogP contribution in [-0.2, 0) is 4.79 Å². The molecule has 1 fully saturated rings. The van der Waals surface area contributed by atoms with E-state index < -0.39 is 5.54 Å². The minimum atomic E-state index is -0.512. The van der Waals surface area contributed by atoms with E-state index in [9.17, 15) is 4.79 Å². The molecule has 0 saturated heterocycles. The summed E-state index contributed by atoms with van der Waals surface area (Å²) in [7, 11) is 0. The third-order valence-electron chi connectivity index (χ3n) is 2.60. The molecule has 1 unspecified atom stereocenters. The monoisotopic (exact) mass is 194 g/mol. The van der Waals surface area contributed by atoms with Crippen molar-refractivity contribution in [1.29, 1.82) is 5.26 Å². The van der Waals surface area contributed by atoms with E-state index in [1.807, 2.05) is 6.92 Å². The normalized spacial score (nSPS) is 19.9. The zero-order valence-corrected chi connectivity index (χ0v) is 9.13. The van der Waals surface area contributed by atoms with E-state index in [-0.39, 0.29) is 11.8 Å². The fourth-order valence-electron chi connectivity index (χ4n) is 1.56. The van der Waals surface area contributed by atoms with Gasteiger partial charge in [0.15, 0.2) is 0 Å². The van der Waals surface area contributed by atoms with Crippen molar-refractivity contribution in [3.63, 3.8) is 0 Å². The summed E-state index contributed by atoms with van der Waals surface area (Å²) in [5.41, 5.74) is -0.512. The quantitative estimate of drug-likeness (QED) is 0.742. The predicted molar refractivity (Wildman–Crippen MR) is 54.3 cm³/mol. The highest BCUT2D eigenvalue weighted by Gasteiger charge is 2.45. The summed E-state index contributed by atoms with van der Waals surface area (Å²) >= 11 is 0. The SMILES string of the molecule is CC(C)CC(C)C(=O)NC1(C#N)CC1. The Bertz CT molecular complexity index is 261. The summed E-state index contributed by atoms with van der Waals surface area (Å²) in [4.78, 5) is 11.6. The second-order valence-electron chi connectivity index (χ2n) is 4.71. The Kier molecular flexibility index (Phi) is 3.15. The molecule has 1 rings (SSSR count). The first-order valence-electron chi connectivity index (χ1n) is 5.22. The van der Waals surface area contributed by atoms with Gasteiger partial charge in [-0.05, 0) is 25.2 Å². The van der Waals surface area contributed by atoms with Gasteiger partial charge >= 0.3 is 0 Å². The number of nitrogens with zero attached hydrogens (tertiary/aromatic N) is 1. The lowest BCUT2D eigenvalue weighted by Gasteiger charge is -2.16. The lowest BCUT2D eigenvalue weighted by Crippen LogP contribution is -2.39. The van der Waals surface area contributed by atoms with Gasteiger partial charge in [-0.1, -0.05) is 20.8 Å². The molecule has 1 aliphatic rings. The standard InChI is InChI=1S/C11H18N2O/c1-8(2)6-9(3)10(14)13-11(7-12)4-5-11/h8-9H,4-6H2,1-3H3,(H,13,14). The molecule has 3 nitrogen and oxygen atoms in total. The van der Waals surface area contributed by atoms with E-state index in [0.717, 1.165) is 19.3 Å². The second kappa shape index (κ2) is 4.00. The van der Waals surface area contributed by atoms with Crippen molar-refractivity contribution in [2.75, 3.05) is 0 Å². The third kappa shape index (κ3) is 2.73. The van der Waals surface area contributed by atoms with Gasteiger partial charge in [-0.2, -0.15) is 5.26 Å². The molecular weight excluding hydrogens is 176 g/mol. The summed E-state index contributed by atoms with van der Waals surface area (Å²) in [6, 6.07) is 2.16. The molecule has 0 aromatic rings. The molecular formula is C11H18N2O. The van der Waals surface area contributed by atoms with Crippen LogP contribution in [0.3, 0.4) is 0 Å². The Morgan fingerprint density at radius 1 is 1.50 bits per heavy atom. The van der Waals surface area contributed by atoms with Crippen LogP contribution in [0, 0.1) is 23.2 Å². The number of hydrogen-bond acceptors (Lipinski definition) is 2. The van der Waals surface area contributed by atoms with Crippen LogP contribution in [0.15, 0.2) is 0 Å². The molecule has 0 bridgehead atoms. The van der Waals surface area contributed by atoms with Gasteiger partial charge < -0.3 is 5.32 Å². The first-order chi connectivity index (χ1) is 6.49. The number of nitrogens with one attached hydrogen (secondary N) is 1. The van der Waals surface area contributed by atoms with E-state index in [0.29, 0.717) is 5.92 Å². The zero-order chi connectivity index (χ0) is 10.8. The maximum Gasteiger partial charge on any atom is 0.224 e. The summed E-state index contributed by atoms with van der Waals surface area (Å²) in [5.74, 6) is 0.562. The van der Waals surface area contributed by atoms with Crippen molar-refractivity contribution in [2.45, 2.75) is 45.6 Å². The molecule has 1 N–H and O–H groups in total. The Hall–Kier alpha value is -1.04. The Morgan fingerprint density at radius 2 is 2.07 bits per heavy atom. The summed E-state index contributed by atoms with van der Waals surface area (Å²) < 4.78 is 0. The van der Waals surface area contributed by atoms with Crippen molar-refractivity contribution < 1.29 is 4.79 Å². The zero-order valence-electron chi connectivity index (χ0n) is 9.13. The van der Waals surface area contributed by atoms with Crippen LogP contribution in [0.2, 0.25) is 0 Å². The topological polar surface area (TPSA) is 52.9 Å². The molecule has 3 heteroatoms. The second-order valence-corrected chi connectivity index (χ2v) is 4.71. The van der Waals surface area contributed by atoms with Crippen molar-refractivity contribution in [2.24, 2.45) is 11.8 Å². The van der Waals surface area contributed by atoms with Crippen molar-refractivity contribution in [3.8, 4) is 6.07 Å². The minimum absolute atomic E-state index is 0.0147. The molecule has 1 amide bonds. The lowest BCUT2D eigenvalue weighted by atomic mass is 9.98. The molecule has 0 spiro atoms. The Labute approximate surface area is 85.5 Å². The van der Waals surface area contributed by atoms with E-state index in [4.69, 9.17) is 5.26 Å². The summed E-state index contributed by atoms with van der Waals surface area (Å²) in [6.45, 7) is 6.12. The van der Waals surface area contributed by atoms with Gasteiger partial charge in [0, 0.05) is 5.92 Å². The highest BCUT2D eigenvalue weighted by Crippen LogP contribution is 2.34. The average Bonchev–Trinajstić information content (AvgIpc) is 2.84. The molecule has 0 heterocycles. The molecule has 0 aromatic heterocycles. The first-order valence-corrected chi connectivity index (χ1v) is 5.22. The third-order valence-corrected chi connectivity index (χ3v) is 2.60. The van der Waals surface area contributed by atoms with E-state index in [2.05, 4.69) is 25.2 Å². The number of amides is 1. The van der Waals surface area contributed by atoms with Crippen LogP contribution in [0.5, 0.6) is 0 Å². The van der Waals surface area contributed by atoms with Crippen LogP contribution in [-0.4, -0.2) is 11.4 Å². The average molecular weight is 194 g/mol. The Morgan fingerprint density at radius 3 is 2.43 bits per heavy atom. The van der Waals surface area contributed by atoms with Crippen molar-refractivity contribution >= 4 is 5.91 Å². The maximum atomic E-state index is 11.6. The van der Waals surface area contributed by atoms with Crippen LogP contribution < -0.4 is 5.32 Å². The molecule has 0 aliphatic heterocycles. The fraction of sp³-hybridized carbons (Fsp3) is 0.818. The number of hydrogen-bond donors (Lipinski definition) is 1. The largest absolute Gasteiger partial charge is 0.338 e. The van der Waals surface area contributed by atoms with Gasteiger partial charge in [-0.25, -0.2) is 0 Å². The molecule has 0 radical (unpaired) electrons. The molecule has 1 aliphatic carbocycles. The minimum Gasteiger partial charge on any atom is -0.338 e. The highest BCUT2D eigenvalue weighted by molar-refractivity contribution is 5.80. The van der Waals surface area contributed by atoms with Crippen molar-refractivity contribution in [1.82, 2.24) is 5.32 Å². The van der Waals surface area contributed by atoms with Gasteiger partial charge in [0.1, 0.15) is 5.54 Å². The van der Waals surface area contributed by atoms with Gasteiger partial charge in [0.25, 0.3) is 0 Å². The summed E-state index contributed by atoms with van der Waals surface area (Å²) in [5, 5.41) is 11.6. The number of carbonyl (C=O) groups excluding carboxylic acids is 1. The molecule has 78 valence electrons. The van der Waals surface area contributed by atoms with E-state index in [1.54, 1.807) is 0 Å². The number of carbonyl (C=O) groups is 1. The van der Waals surface area contributed by atoms with Gasteiger partial charge in [-0.15, -0.1) is 0 Å². The summed E-state index contributed by atoms with van der Waals surface area (Å²) in [6.07, 6.45) is 2.50. The predicted octanol–water partition coefficient (Wildman–Crippen LogP) is 1.84. The number of rotatable bonds is 4. The van der Waals surface area contributed by atoms with Crippen LogP contribution in [0.25, 0.3) is 0 Å². The smallest absolute Gasteiger partial charge is 0.224 e. The highest BCUT2D eigenvalue weighted by atomic mass is 16.2. The van der Waals surface area contributed by atoms with Crippen LogP contribution >= 0.6 is 0 Å². The van der Waals surface area contributed by atoms with Crippen LogP contribution in [0.1, 0.15) is 40.0 Å². The number of nitriles is 1. The molecule has 14 heavy (non-hydrogen) atoms. The van der Waals surface area contributed by atoms with Gasteiger partial charge in [-0.3, -0.25) is 4.79 Å². The molecule has 0 aromatic carbocycles. The molecule has 1 saturated carbocycles. The lowest BCUT2D eigenvalue weighted by molar-refractivity contribution is -0.125. The maximum absolute atomic E-state index is 11.6. The molecule has 1 atom stereocenters. The van der Waals surface area contributed by atoms with E-state index >= 15 is 0 Å². The Balaban J connectivity index is 2.39.